The van der Waals surface area contributed by atoms with Crippen LogP contribution < -0.4 is 5.32 Å². The number of rotatable bonds is 5. The standard InChI is InChI=1S/C18H26N4O/c1-2-3-9-22-10-5-4-6-16(13-22)20-18(23)14-7-8-17-15(11-14)12-19-21-17/h7-8,11-12,16H,2-6,9-10,13H2,1H3,(H,19,21)(H,20,23). The van der Waals surface area contributed by atoms with Gasteiger partial charge in [0, 0.05) is 23.5 Å². The van der Waals surface area contributed by atoms with E-state index in [2.05, 4.69) is 27.3 Å². The van der Waals surface area contributed by atoms with Gasteiger partial charge in [-0.1, -0.05) is 19.8 Å². The van der Waals surface area contributed by atoms with E-state index in [0.717, 1.165) is 37.0 Å². The van der Waals surface area contributed by atoms with E-state index in [0.29, 0.717) is 5.56 Å². The molecular formula is C18H26N4O. The highest BCUT2D eigenvalue weighted by Crippen LogP contribution is 2.15. The number of nitrogens with one attached hydrogen (secondary N) is 2. The third-order valence-electron chi connectivity index (χ3n) is 4.62. The largest absolute Gasteiger partial charge is 0.348 e. The Balaban J connectivity index is 1.63. The number of carbonyl (C=O) groups is 1. The molecule has 1 aromatic carbocycles. The van der Waals surface area contributed by atoms with Gasteiger partial charge in [-0.05, 0) is 50.6 Å². The van der Waals surface area contributed by atoms with Gasteiger partial charge in [-0.15, -0.1) is 0 Å². The van der Waals surface area contributed by atoms with Crippen molar-refractivity contribution in [2.75, 3.05) is 19.6 Å². The second kappa shape index (κ2) is 7.59. The van der Waals surface area contributed by atoms with Gasteiger partial charge in [0.15, 0.2) is 0 Å². The summed E-state index contributed by atoms with van der Waals surface area (Å²) in [5.74, 6) is 0.0236. The molecule has 1 saturated heterocycles. The molecule has 2 N–H and O–H groups in total. The molecule has 23 heavy (non-hydrogen) atoms. The molecule has 1 atom stereocenters. The van der Waals surface area contributed by atoms with Crippen molar-refractivity contribution in [3.05, 3.63) is 30.0 Å². The minimum Gasteiger partial charge on any atom is -0.348 e. The minimum atomic E-state index is 0.0236. The number of hydrogen-bond donors (Lipinski definition) is 2. The Kier molecular flexibility index (Phi) is 5.28. The summed E-state index contributed by atoms with van der Waals surface area (Å²) in [5.41, 5.74) is 1.67. The van der Waals surface area contributed by atoms with E-state index >= 15 is 0 Å². The predicted octanol–water partition coefficient (Wildman–Crippen LogP) is 2.95. The number of likely N-dealkylation sites (tertiary alicyclic amines) is 1. The molecule has 1 aliphatic heterocycles. The molecule has 0 radical (unpaired) electrons. The van der Waals surface area contributed by atoms with Gasteiger partial charge < -0.3 is 10.2 Å². The first-order valence-corrected chi connectivity index (χ1v) is 8.72. The predicted molar refractivity (Wildman–Crippen MR) is 92.5 cm³/mol. The fraction of sp³-hybridized carbons (Fsp3) is 0.556. The first-order chi connectivity index (χ1) is 11.3. The lowest BCUT2D eigenvalue weighted by molar-refractivity contribution is 0.0926. The number of amides is 1. The van der Waals surface area contributed by atoms with Crippen molar-refractivity contribution in [1.29, 1.82) is 0 Å². The Morgan fingerprint density at radius 3 is 3.22 bits per heavy atom. The zero-order chi connectivity index (χ0) is 16.1. The molecule has 2 heterocycles. The summed E-state index contributed by atoms with van der Waals surface area (Å²) < 4.78 is 0. The van der Waals surface area contributed by atoms with Crippen LogP contribution in [-0.2, 0) is 0 Å². The highest BCUT2D eigenvalue weighted by atomic mass is 16.1. The summed E-state index contributed by atoms with van der Waals surface area (Å²) in [4.78, 5) is 15.1. The minimum absolute atomic E-state index is 0.0236. The van der Waals surface area contributed by atoms with E-state index in [4.69, 9.17) is 0 Å². The monoisotopic (exact) mass is 314 g/mol. The number of carbonyl (C=O) groups excluding carboxylic acids is 1. The van der Waals surface area contributed by atoms with Gasteiger partial charge >= 0.3 is 0 Å². The summed E-state index contributed by atoms with van der Waals surface area (Å²) >= 11 is 0. The van der Waals surface area contributed by atoms with Crippen LogP contribution in [0.1, 0.15) is 49.4 Å². The number of unbranched alkanes of at least 4 members (excludes halogenated alkanes) is 1. The fourth-order valence-corrected chi connectivity index (χ4v) is 3.28. The number of aromatic amines is 1. The van der Waals surface area contributed by atoms with E-state index in [1.54, 1.807) is 6.20 Å². The van der Waals surface area contributed by atoms with E-state index in [9.17, 15) is 4.79 Å². The highest BCUT2D eigenvalue weighted by Gasteiger charge is 2.20. The van der Waals surface area contributed by atoms with Crippen LogP contribution in [0.4, 0.5) is 0 Å². The lowest BCUT2D eigenvalue weighted by Gasteiger charge is -2.24. The smallest absolute Gasteiger partial charge is 0.251 e. The summed E-state index contributed by atoms with van der Waals surface area (Å²) in [7, 11) is 0. The third kappa shape index (κ3) is 4.10. The zero-order valence-electron chi connectivity index (χ0n) is 13.8. The molecule has 0 saturated carbocycles. The lowest BCUT2D eigenvalue weighted by Crippen LogP contribution is -2.42. The maximum Gasteiger partial charge on any atom is 0.251 e. The van der Waals surface area contributed by atoms with Crippen LogP contribution in [0.3, 0.4) is 0 Å². The van der Waals surface area contributed by atoms with Crippen molar-refractivity contribution in [2.24, 2.45) is 0 Å². The van der Waals surface area contributed by atoms with Crippen LogP contribution in [0.15, 0.2) is 24.4 Å². The number of H-pyrrole nitrogens is 1. The molecule has 1 aliphatic rings. The Morgan fingerprint density at radius 1 is 1.43 bits per heavy atom. The summed E-state index contributed by atoms with van der Waals surface area (Å²) in [5, 5.41) is 11.1. The maximum absolute atomic E-state index is 12.6. The van der Waals surface area contributed by atoms with Gasteiger partial charge in [0.2, 0.25) is 0 Å². The van der Waals surface area contributed by atoms with Crippen molar-refractivity contribution >= 4 is 16.8 Å². The first kappa shape index (κ1) is 16.0. The van der Waals surface area contributed by atoms with Crippen molar-refractivity contribution in [3.8, 4) is 0 Å². The molecule has 2 aromatic rings. The second-order valence-electron chi connectivity index (χ2n) is 6.49. The van der Waals surface area contributed by atoms with Crippen molar-refractivity contribution in [2.45, 2.75) is 45.1 Å². The summed E-state index contributed by atoms with van der Waals surface area (Å²) in [6.07, 6.45) is 7.70. The molecule has 5 nitrogen and oxygen atoms in total. The second-order valence-corrected chi connectivity index (χ2v) is 6.49. The first-order valence-electron chi connectivity index (χ1n) is 8.72. The van der Waals surface area contributed by atoms with E-state index in [1.165, 1.54) is 25.7 Å². The van der Waals surface area contributed by atoms with Gasteiger partial charge in [-0.3, -0.25) is 9.89 Å². The molecule has 1 unspecified atom stereocenters. The number of benzene rings is 1. The number of aromatic nitrogens is 2. The Morgan fingerprint density at radius 2 is 2.35 bits per heavy atom. The van der Waals surface area contributed by atoms with E-state index < -0.39 is 0 Å². The van der Waals surface area contributed by atoms with Gasteiger partial charge in [-0.2, -0.15) is 5.10 Å². The highest BCUT2D eigenvalue weighted by molar-refractivity contribution is 5.98. The zero-order valence-corrected chi connectivity index (χ0v) is 13.8. The molecule has 5 heteroatoms. The Labute approximate surface area is 137 Å². The normalized spacial score (nSPS) is 19.6. The Bertz CT molecular complexity index is 651. The number of hydrogen-bond acceptors (Lipinski definition) is 3. The number of fused-ring (bicyclic) bond motifs is 1. The van der Waals surface area contributed by atoms with Gasteiger partial charge in [0.25, 0.3) is 5.91 Å². The topological polar surface area (TPSA) is 61.0 Å². The lowest BCUT2D eigenvalue weighted by atomic mass is 10.1. The van der Waals surface area contributed by atoms with E-state index in [1.807, 2.05) is 18.2 Å². The maximum atomic E-state index is 12.6. The van der Waals surface area contributed by atoms with Gasteiger partial charge in [-0.25, -0.2) is 0 Å². The molecule has 124 valence electrons. The molecule has 0 bridgehead atoms. The fourth-order valence-electron chi connectivity index (χ4n) is 3.28. The van der Waals surface area contributed by atoms with Crippen LogP contribution in [0.5, 0.6) is 0 Å². The summed E-state index contributed by atoms with van der Waals surface area (Å²) in [6, 6.07) is 5.93. The number of nitrogens with zero attached hydrogens (tertiary/aromatic N) is 2. The molecule has 0 aliphatic carbocycles. The molecule has 1 fully saturated rings. The van der Waals surface area contributed by atoms with Crippen molar-refractivity contribution < 1.29 is 4.79 Å². The van der Waals surface area contributed by atoms with Crippen LogP contribution in [0, 0.1) is 0 Å². The van der Waals surface area contributed by atoms with Crippen LogP contribution in [0.2, 0.25) is 0 Å². The molecule has 3 rings (SSSR count). The average molecular weight is 314 g/mol. The van der Waals surface area contributed by atoms with E-state index in [-0.39, 0.29) is 11.9 Å². The van der Waals surface area contributed by atoms with Crippen molar-refractivity contribution in [1.82, 2.24) is 20.4 Å². The molecule has 0 spiro atoms. The SMILES string of the molecule is CCCCN1CCCCC(NC(=O)c2ccc3[nH]ncc3c2)C1. The van der Waals surface area contributed by atoms with Gasteiger partial charge in [0.05, 0.1) is 11.7 Å². The van der Waals surface area contributed by atoms with Crippen molar-refractivity contribution in [3.63, 3.8) is 0 Å². The molecule has 1 aromatic heterocycles. The van der Waals surface area contributed by atoms with Crippen LogP contribution >= 0.6 is 0 Å². The third-order valence-corrected chi connectivity index (χ3v) is 4.62. The quantitative estimate of drug-likeness (QED) is 0.892. The average Bonchev–Trinajstić information content (AvgIpc) is 2.92. The summed E-state index contributed by atoms with van der Waals surface area (Å²) in [6.45, 7) is 5.50. The molecule has 1 amide bonds. The van der Waals surface area contributed by atoms with Gasteiger partial charge in [0.1, 0.15) is 0 Å². The van der Waals surface area contributed by atoms with Crippen LogP contribution in [-0.4, -0.2) is 46.7 Å². The molecular weight excluding hydrogens is 288 g/mol. The Hall–Kier alpha value is -1.88. The van der Waals surface area contributed by atoms with Crippen LogP contribution in [0.25, 0.3) is 10.9 Å².